The monoisotopic (exact) mass is 350 g/mol. The average Bonchev–Trinajstić information content (AvgIpc) is 3.18. The van der Waals surface area contributed by atoms with Crippen LogP contribution in [-0.4, -0.2) is 17.3 Å². The second kappa shape index (κ2) is 6.11. The van der Waals surface area contributed by atoms with Crippen molar-refractivity contribution >= 4 is 27.5 Å². The van der Waals surface area contributed by atoms with Gasteiger partial charge in [-0.15, -0.1) is 6.42 Å². The maximum absolute atomic E-state index is 12.5. The summed E-state index contributed by atoms with van der Waals surface area (Å²) < 4.78 is 13.6. The molecule has 6 heteroatoms. The average molecular weight is 350 g/mol. The van der Waals surface area contributed by atoms with Gasteiger partial charge in [-0.3, -0.25) is 4.79 Å². The highest BCUT2D eigenvalue weighted by atomic mass is 32.1. The molecule has 0 bridgehead atoms. The zero-order valence-electron chi connectivity index (χ0n) is 13.5. The summed E-state index contributed by atoms with van der Waals surface area (Å²) in [6.07, 6.45) is 5.51. The van der Waals surface area contributed by atoms with E-state index in [0.717, 1.165) is 15.8 Å². The van der Waals surface area contributed by atoms with E-state index in [1.807, 2.05) is 41.8 Å². The molecule has 0 N–H and O–H groups in total. The lowest BCUT2D eigenvalue weighted by molar-refractivity contribution is 0.0998. The first kappa shape index (κ1) is 15.5. The predicted molar refractivity (Wildman–Crippen MR) is 95.8 cm³/mol. The van der Waals surface area contributed by atoms with Gasteiger partial charge in [0.1, 0.15) is 0 Å². The van der Waals surface area contributed by atoms with Gasteiger partial charge in [0.15, 0.2) is 16.3 Å². The van der Waals surface area contributed by atoms with Crippen LogP contribution in [0.1, 0.15) is 15.9 Å². The molecule has 2 aromatic carbocycles. The summed E-state index contributed by atoms with van der Waals surface area (Å²) in [5.41, 5.74) is 2.45. The fraction of sp³-hybridized carbons (Fsp3) is 0.158. The number of ether oxygens (including phenoxy) is 2. The number of terminal acetylenes is 1. The Bertz CT molecular complexity index is 1100. The molecular formula is C19H14N2O3S. The number of amides is 1. The highest BCUT2D eigenvalue weighted by Crippen LogP contribution is 2.36. The molecule has 1 aliphatic rings. The van der Waals surface area contributed by atoms with E-state index in [4.69, 9.17) is 15.9 Å². The molecule has 2 heterocycles. The van der Waals surface area contributed by atoms with Gasteiger partial charge in [-0.25, -0.2) is 0 Å². The Morgan fingerprint density at radius 2 is 2.12 bits per heavy atom. The summed E-state index contributed by atoms with van der Waals surface area (Å²) in [7, 11) is 0. The molecule has 0 fully saturated rings. The van der Waals surface area contributed by atoms with E-state index >= 15 is 0 Å². The zero-order chi connectivity index (χ0) is 17.4. The number of hydrogen-bond donors (Lipinski definition) is 0. The van der Waals surface area contributed by atoms with Crippen LogP contribution >= 0.6 is 11.3 Å². The van der Waals surface area contributed by atoms with Crippen molar-refractivity contribution in [3.8, 4) is 23.8 Å². The summed E-state index contributed by atoms with van der Waals surface area (Å²) in [5.74, 6) is 3.69. The maximum atomic E-state index is 12.5. The minimum absolute atomic E-state index is 0.213. The topological polar surface area (TPSA) is 52.8 Å². The van der Waals surface area contributed by atoms with Gasteiger partial charge in [-0.05, 0) is 19.1 Å². The Hall–Kier alpha value is -3.04. The molecule has 5 nitrogen and oxygen atoms in total. The van der Waals surface area contributed by atoms with E-state index < -0.39 is 0 Å². The quantitative estimate of drug-likeness (QED) is 0.667. The van der Waals surface area contributed by atoms with Crippen molar-refractivity contribution in [2.24, 2.45) is 4.99 Å². The van der Waals surface area contributed by atoms with Crippen molar-refractivity contribution in [2.75, 3.05) is 6.79 Å². The maximum Gasteiger partial charge on any atom is 0.279 e. The summed E-state index contributed by atoms with van der Waals surface area (Å²) in [6.45, 7) is 2.47. The second-order valence-electron chi connectivity index (χ2n) is 5.63. The van der Waals surface area contributed by atoms with Crippen molar-refractivity contribution in [2.45, 2.75) is 13.5 Å². The SMILES string of the molecule is C#CCn1c(=NC(=O)c2cccc(C)c2)sc2cc3c(cc21)OCO3. The summed E-state index contributed by atoms with van der Waals surface area (Å²) in [4.78, 5) is 17.4. The normalized spacial score (nSPS) is 13.2. The molecule has 0 aliphatic carbocycles. The van der Waals surface area contributed by atoms with Gasteiger partial charge in [0, 0.05) is 17.7 Å². The fourth-order valence-corrected chi connectivity index (χ4v) is 3.76. The van der Waals surface area contributed by atoms with E-state index in [9.17, 15) is 4.79 Å². The number of hydrogen-bond acceptors (Lipinski definition) is 4. The first-order valence-electron chi connectivity index (χ1n) is 7.68. The van der Waals surface area contributed by atoms with Gasteiger partial charge < -0.3 is 14.0 Å². The van der Waals surface area contributed by atoms with Gasteiger partial charge in [0.25, 0.3) is 5.91 Å². The predicted octanol–water partition coefficient (Wildman–Crippen LogP) is 3.11. The van der Waals surface area contributed by atoms with Crippen molar-refractivity contribution in [1.82, 2.24) is 4.57 Å². The molecule has 1 aliphatic heterocycles. The number of carbonyl (C=O) groups is 1. The van der Waals surface area contributed by atoms with Crippen LogP contribution in [0, 0.1) is 19.3 Å². The Kier molecular flexibility index (Phi) is 3.79. The van der Waals surface area contributed by atoms with E-state index in [1.54, 1.807) is 6.07 Å². The van der Waals surface area contributed by atoms with E-state index in [2.05, 4.69) is 10.9 Å². The smallest absolute Gasteiger partial charge is 0.279 e. The molecule has 25 heavy (non-hydrogen) atoms. The van der Waals surface area contributed by atoms with Crippen LogP contribution in [0.4, 0.5) is 0 Å². The van der Waals surface area contributed by atoms with Gasteiger partial charge >= 0.3 is 0 Å². The van der Waals surface area contributed by atoms with Crippen LogP contribution in [0.3, 0.4) is 0 Å². The molecule has 4 rings (SSSR count). The van der Waals surface area contributed by atoms with Gasteiger partial charge in [0.2, 0.25) is 6.79 Å². The minimum Gasteiger partial charge on any atom is -0.454 e. The molecule has 3 aromatic rings. The molecule has 0 spiro atoms. The molecule has 0 unspecified atom stereocenters. The third-order valence-corrected chi connectivity index (χ3v) is 4.93. The third-order valence-electron chi connectivity index (χ3n) is 3.89. The van der Waals surface area contributed by atoms with E-state index in [1.165, 1.54) is 11.3 Å². The number of aromatic nitrogens is 1. The number of carbonyl (C=O) groups excluding carboxylic acids is 1. The van der Waals surface area contributed by atoms with Crippen molar-refractivity contribution in [1.29, 1.82) is 0 Å². The molecule has 1 aromatic heterocycles. The largest absolute Gasteiger partial charge is 0.454 e. The molecular weight excluding hydrogens is 336 g/mol. The van der Waals surface area contributed by atoms with Crippen molar-refractivity contribution in [3.63, 3.8) is 0 Å². The molecule has 0 radical (unpaired) electrons. The highest BCUT2D eigenvalue weighted by Gasteiger charge is 2.17. The van der Waals surface area contributed by atoms with Crippen molar-refractivity contribution in [3.05, 3.63) is 52.3 Å². The number of fused-ring (bicyclic) bond motifs is 2. The van der Waals surface area contributed by atoms with Crippen LogP contribution in [-0.2, 0) is 6.54 Å². The standard InChI is InChI=1S/C19H14N2O3S/c1-3-7-21-14-9-15-16(24-11-23-15)10-17(14)25-19(21)20-18(22)13-6-4-5-12(2)8-13/h1,4-6,8-10H,7,11H2,2H3. The van der Waals surface area contributed by atoms with Crippen LogP contribution in [0.15, 0.2) is 41.4 Å². The molecule has 0 atom stereocenters. The van der Waals surface area contributed by atoms with E-state index in [-0.39, 0.29) is 12.7 Å². The summed E-state index contributed by atoms with van der Waals surface area (Å²) in [6, 6.07) is 11.1. The Labute approximate surface area is 148 Å². The zero-order valence-corrected chi connectivity index (χ0v) is 14.3. The third kappa shape index (κ3) is 2.79. The van der Waals surface area contributed by atoms with Gasteiger partial charge in [0.05, 0.1) is 16.8 Å². The highest BCUT2D eigenvalue weighted by molar-refractivity contribution is 7.16. The van der Waals surface area contributed by atoms with Crippen LogP contribution in [0.5, 0.6) is 11.5 Å². The Balaban J connectivity index is 1.87. The van der Waals surface area contributed by atoms with Crippen molar-refractivity contribution < 1.29 is 14.3 Å². The van der Waals surface area contributed by atoms with Gasteiger partial charge in [-0.1, -0.05) is 35.0 Å². The van der Waals surface area contributed by atoms with Crippen LogP contribution in [0.25, 0.3) is 10.2 Å². The number of rotatable bonds is 2. The molecule has 124 valence electrons. The first-order valence-corrected chi connectivity index (χ1v) is 8.49. The number of nitrogens with zero attached hydrogens (tertiary/aromatic N) is 2. The van der Waals surface area contributed by atoms with Gasteiger partial charge in [-0.2, -0.15) is 4.99 Å². The number of aryl methyl sites for hydroxylation is 1. The fourth-order valence-electron chi connectivity index (χ4n) is 2.72. The number of benzene rings is 2. The minimum atomic E-state index is -0.291. The molecule has 0 saturated heterocycles. The Morgan fingerprint density at radius 1 is 1.32 bits per heavy atom. The van der Waals surface area contributed by atoms with Crippen LogP contribution < -0.4 is 14.3 Å². The van der Waals surface area contributed by atoms with Crippen LogP contribution in [0.2, 0.25) is 0 Å². The molecule has 1 amide bonds. The lowest BCUT2D eigenvalue weighted by Crippen LogP contribution is -2.16. The lowest BCUT2D eigenvalue weighted by Gasteiger charge is -2.01. The Morgan fingerprint density at radius 3 is 2.88 bits per heavy atom. The summed E-state index contributed by atoms with van der Waals surface area (Å²) in [5, 5.41) is 0. The second-order valence-corrected chi connectivity index (χ2v) is 6.64. The lowest BCUT2D eigenvalue weighted by atomic mass is 10.1. The number of thiazole rings is 1. The van der Waals surface area contributed by atoms with E-state index in [0.29, 0.717) is 28.4 Å². The summed E-state index contributed by atoms with van der Waals surface area (Å²) >= 11 is 1.40. The molecule has 0 saturated carbocycles. The first-order chi connectivity index (χ1) is 12.2.